The number of halogens is 4. The second-order valence-corrected chi connectivity index (χ2v) is 8.52. The molecule has 158 valence electrons. The van der Waals surface area contributed by atoms with Crippen LogP contribution in [-0.4, -0.2) is 21.9 Å². The quantitative estimate of drug-likeness (QED) is 0.412. The van der Waals surface area contributed by atoms with Gasteiger partial charge in [-0.15, -0.1) is 0 Å². The first-order valence-electron chi connectivity index (χ1n) is 9.72. The minimum Gasteiger partial charge on any atom is -0.349 e. The van der Waals surface area contributed by atoms with Crippen molar-refractivity contribution in [3.8, 4) is 0 Å². The third-order valence-corrected chi connectivity index (χ3v) is 6.06. The van der Waals surface area contributed by atoms with E-state index in [-0.39, 0.29) is 33.3 Å². The van der Waals surface area contributed by atoms with Crippen molar-refractivity contribution in [1.29, 1.82) is 0 Å². The summed E-state index contributed by atoms with van der Waals surface area (Å²) < 4.78 is 28.8. The van der Waals surface area contributed by atoms with E-state index in [2.05, 4.69) is 27.5 Å². The number of carbonyl (C=O) groups is 1. The number of hydrogen-bond donors (Lipinski definition) is 3. The van der Waals surface area contributed by atoms with Gasteiger partial charge in [-0.1, -0.05) is 30.1 Å². The summed E-state index contributed by atoms with van der Waals surface area (Å²) in [7, 11) is 0. The van der Waals surface area contributed by atoms with Gasteiger partial charge >= 0.3 is 0 Å². The van der Waals surface area contributed by atoms with Crippen LogP contribution in [0.1, 0.15) is 43.0 Å². The van der Waals surface area contributed by atoms with Crippen LogP contribution in [0.4, 0.5) is 20.4 Å². The summed E-state index contributed by atoms with van der Waals surface area (Å²) in [5.74, 6) is -1.05. The van der Waals surface area contributed by atoms with Crippen LogP contribution in [0.25, 0.3) is 11.0 Å². The lowest BCUT2D eigenvalue weighted by molar-refractivity contribution is 0.0919. The van der Waals surface area contributed by atoms with Crippen molar-refractivity contribution in [3.63, 3.8) is 0 Å². The highest BCUT2D eigenvalue weighted by molar-refractivity contribution is 6.35. The molecule has 2 aromatic carbocycles. The first kappa shape index (κ1) is 20.9. The number of hydrogen-bond acceptors (Lipinski definition) is 3. The molecular formula is C21H20Cl2F2N4O. The monoisotopic (exact) mass is 452 g/mol. The fourth-order valence-electron chi connectivity index (χ4n) is 3.69. The molecule has 1 aliphatic rings. The number of benzene rings is 2. The number of aromatic nitrogens is 2. The SMILES string of the molecule is CC1CCC(NC(=O)c2cc3nc(Nc4c(Cl)ccc(Cl)c4F)[nH]c3cc2F)CC1. The predicted octanol–water partition coefficient (Wildman–Crippen LogP) is 6.20. The van der Waals surface area contributed by atoms with E-state index in [1.807, 2.05) is 0 Å². The first-order chi connectivity index (χ1) is 14.3. The highest BCUT2D eigenvalue weighted by Gasteiger charge is 2.22. The number of anilines is 2. The summed E-state index contributed by atoms with van der Waals surface area (Å²) in [4.78, 5) is 19.7. The van der Waals surface area contributed by atoms with E-state index >= 15 is 0 Å². The molecule has 1 fully saturated rings. The van der Waals surface area contributed by atoms with Crippen molar-refractivity contribution in [1.82, 2.24) is 15.3 Å². The van der Waals surface area contributed by atoms with Gasteiger partial charge in [-0.2, -0.15) is 0 Å². The van der Waals surface area contributed by atoms with E-state index < -0.39 is 17.5 Å². The van der Waals surface area contributed by atoms with Crippen LogP contribution in [0.15, 0.2) is 24.3 Å². The molecule has 0 aliphatic heterocycles. The molecule has 1 amide bonds. The van der Waals surface area contributed by atoms with Crippen LogP contribution in [0.5, 0.6) is 0 Å². The van der Waals surface area contributed by atoms with Crippen molar-refractivity contribution in [3.05, 3.63) is 51.5 Å². The minimum atomic E-state index is -0.724. The number of carbonyl (C=O) groups excluding carboxylic acids is 1. The van der Waals surface area contributed by atoms with Gasteiger partial charge < -0.3 is 15.6 Å². The van der Waals surface area contributed by atoms with Crippen molar-refractivity contribution >= 4 is 51.8 Å². The lowest BCUT2D eigenvalue weighted by atomic mass is 9.87. The van der Waals surface area contributed by atoms with E-state index in [1.54, 1.807) is 0 Å². The summed E-state index contributed by atoms with van der Waals surface area (Å²) in [6, 6.07) is 5.42. The maximum absolute atomic E-state index is 14.6. The standard InChI is InChI=1S/C21H20Cl2F2N4O/c1-10-2-4-11(5-3-10)26-20(30)12-8-16-17(9-15(12)24)28-21(27-16)29-19-14(23)7-6-13(22)18(19)25/h6-11H,2-5H2,1H3,(H,26,30)(H2,27,28,29). The summed E-state index contributed by atoms with van der Waals surface area (Å²) >= 11 is 11.8. The number of aromatic amines is 1. The smallest absolute Gasteiger partial charge is 0.254 e. The summed E-state index contributed by atoms with van der Waals surface area (Å²) in [5, 5.41) is 5.66. The molecule has 1 heterocycles. The molecule has 0 atom stereocenters. The van der Waals surface area contributed by atoms with Gasteiger partial charge in [0, 0.05) is 12.1 Å². The molecule has 0 unspecified atom stereocenters. The van der Waals surface area contributed by atoms with Gasteiger partial charge in [0.15, 0.2) is 5.82 Å². The third-order valence-electron chi connectivity index (χ3n) is 5.45. The van der Waals surface area contributed by atoms with Crippen molar-refractivity contribution < 1.29 is 13.6 Å². The Morgan fingerprint density at radius 3 is 2.57 bits per heavy atom. The molecule has 0 radical (unpaired) electrons. The van der Waals surface area contributed by atoms with Crippen LogP contribution in [-0.2, 0) is 0 Å². The molecule has 1 aliphatic carbocycles. The molecule has 3 N–H and O–H groups in total. The van der Waals surface area contributed by atoms with Crippen LogP contribution >= 0.6 is 23.2 Å². The molecular weight excluding hydrogens is 433 g/mol. The van der Waals surface area contributed by atoms with Crippen LogP contribution < -0.4 is 10.6 Å². The van der Waals surface area contributed by atoms with E-state index in [0.717, 1.165) is 25.7 Å². The van der Waals surface area contributed by atoms with E-state index in [4.69, 9.17) is 23.2 Å². The molecule has 30 heavy (non-hydrogen) atoms. The van der Waals surface area contributed by atoms with E-state index in [1.165, 1.54) is 24.3 Å². The number of fused-ring (bicyclic) bond motifs is 1. The Morgan fingerprint density at radius 1 is 1.13 bits per heavy atom. The average molecular weight is 453 g/mol. The van der Waals surface area contributed by atoms with Gasteiger partial charge in [0.1, 0.15) is 5.82 Å². The molecule has 0 saturated heterocycles. The molecule has 1 saturated carbocycles. The van der Waals surface area contributed by atoms with Gasteiger partial charge in [0.2, 0.25) is 5.95 Å². The minimum absolute atomic E-state index is 0.0480. The number of amides is 1. The Bertz CT molecular complexity index is 1110. The highest BCUT2D eigenvalue weighted by Crippen LogP contribution is 2.32. The Hall–Kier alpha value is -2.38. The maximum atomic E-state index is 14.6. The normalized spacial score (nSPS) is 19.1. The summed E-state index contributed by atoms with van der Waals surface area (Å²) in [6.07, 6.45) is 3.87. The van der Waals surface area contributed by atoms with Crippen LogP contribution in [0.2, 0.25) is 10.0 Å². The number of nitrogens with one attached hydrogen (secondary N) is 3. The maximum Gasteiger partial charge on any atom is 0.254 e. The fraction of sp³-hybridized carbons (Fsp3) is 0.333. The van der Waals surface area contributed by atoms with E-state index in [9.17, 15) is 13.6 Å². The summed E-state index contributed by atoms with van der Waals surface area (Å²) in [5.41, 5.74) is 0.593. The predicted molar refractivity (Wildman–Crippen MR) is 115 cm³/mol. The number of rotatable bonds is 4. The molecule has 5 nitrogen and oxygen atoms in total. The highest BCUT2D eigenvalue weighted by atomic mass is 35.5. The lowest BCUT2D eigenvalue weighted by Crippen LogP contribution is -2.37. The molecule has 3 aromatic rings. The molecule has 0 bridgehead atoms. The van der Waals surface area contributed by atoms with Gasteiger partial charge in [-0.05, 0) is 49.8 Å². The first-order valence-corrected chi connectivity index (χ1v) is 10.5. The van der Waals surface area contributed by atoms with E-state index in [0.29, 0.717) is 17.0 Å². The van der Waals surface area contributed by atoms with Gasteiger partial charge in [-0.3, -0.25) is 4.79 Å². The summed E-state index contributed by atoms with van der Waals surface area (Å²) in [6.45, 7) is 2.19. The van der Waals surface area contributed by atoms with Crippen molar-refractivity contribution in [2.45, 2.75) is 38.6 Å². The second kappa shape index (κ2) is 8.40. The lowest BCUT2D eigenvalue weighted by Gasteiger charge is -2.26. The fourth-order valence-corrected chi connectivity index (χ4v) is 4.04. The molecule has 1 aromatic heterocycles. The second-order valence-electron chi connectivity index (χ2n) is 7.71. The van der Waals surface area contributed by atoms with Gasteiger partial charge in [-0.25, -0.2) is 13.8 Å². The van der Waals surface area contributed by atoms with Gasteiger partial charge in [0.05, 0.1) is 32.3 Å². The molecule has 0 spiro atoms. The Labute approximate surface area is 182 Å². The largest absolute Gasteiger partial charge is 0.349 e. The zero-order chi connectivity index (χ0) is 21.4. The van der Waals surface area contributed by atoms with Gasteiger partial charge in [0.25, 0.3) is 5.91 Å². The third kappa shape index (κ3) is 4.23. The number of nitrogens with zero attached hydrogens (tertiary/aromatic N) is 1. The number of H-pyrrole nitrogens is 1. The Balaban J connectivity index is 1.57. The average Bonchev–Trinajstić information content (AvgIpc) is 3.10. The molecule has 4 rings (SSSR count). The molecule has 9 heteroatoms. The Morgan fingerprint density at radius 2 is 1.83 bits per heavy atom. The van der Waals surface area contributed by atoms with Crippen molar-refractivity contribution in [2.75, 3.05) is 5.32 Å². The van der Waals surface area contributed by atoms with Crippen LogP contribution in [0, 0.1) is 17.6 Å². The number of imidazole rings is 1. The van der Waals surface area contributed by atoms with Crippen LogP contribution in [0.3, 0.4) is 0 Å². The zero-order valence-corrected chi connectivity index (χ0v) is 17.7. The topological polar surface area (TPSA) is 69.8 Å². The van der Waals surface area contributed by atoms with Crippen molar-refractivity contribution in [2.24, 2.45) is 5.92 Å². The Kier molecular flexibility index (Phi) is 5.84. The zero-order valence-electron chi connectivity index (χ0n) is 16.2.